The second-order valence-corrected chi connectivity index (χ2v) is 10.2. The highest BCUT2D eigenvalue weighted by molar-refractivity contribution is 7.09. The first-order valence-electron chi connectivity index (χ1n) is 12.3. The highest BCUT2D eigenvalue weighted by Gasteiger charge is 2.29. The minimum Gasteiger partial charge on any atom is -0.486 e. The van der Waals surface area contributed by atoms with Gasteiger partial charge in [0.1, 0.15) is 23.1 Å². The molecule has 0 radical (unpaired) electrons. The Morgan fingerprint density at radius 1 is 0.971 bits per heavy atom. The van der Waals surface area contributed by atoms with Crippen LogP contribution in [-0.4, -0.2) is 28.9 Å². The molecule has 7 heteroatoms. The quantitative estimate of drug-likeness (QED) is 0.444. The Bertz CT molecular complexity index is 1150. The zero-order valence-electron chi connectivity index (χ0n) is 20.6. The summed E-state index contributed by atoms with van der Waals surface area (Å²) in [5, 5.41) is 8.77. The molecule has 1 aliphatic carbocycles. The van der Waals surface area contributed by atoms with E-state index in [2.05, 4.69) is 28.6 Å². The van der Waals surface area contributed by atoms with Gasteiger partial charge in [0.15, 0.2) is 0 Å². The fourth-order valence-corrected chi connectivity index (χ4v) is 5.19. The van der Waals surface area contributed by atoms with E-state index in [1.54, 1.807) is 5.38 Å². The predicted molar refractivity (Wildman–Crippen MR) is 139 cm³/mol. The van der Waals surface area contributed by atoms with Gasteiger partial charge in [-0.05, 0) is 74.1 Å². The molecule has 2 aromatic carbocycles. The van der Waals surface area contributed by atoms with Crippen molar-refractivity contribution in [3.63, 3.8) is 0 Å². The number of thiazole rings is 1. The van der Waals surface area contributed by atoms with Crippen molar-refractivity contribution in [3.05, 3.63) is 80.8 Å². The summed E-state index contributed by atoms with van der Waals surface area (Å²) < 4.78 is 5.88. The van der Waals surface area contributed by atoms with Crippen LogP contribution in [0.5, 0.6) is 5.75 Å². The normalized spacial score (nSPS) is 17.6. The van der Waals surface area contributed by atoms with Gasteiger partial charge in [-0.3, -0.25) is 9.59 Å². The zero-order chi connectivity index (χ0) is 24.8. The summed E-state index contributed by atoms with van der Waals surface area (Å²) >= 11 is 1.41. The Labute approximate surface area is 211 Å². The highest BCUT2D eigenvalue weighted by Crippen LogP contribution is 2.21. The summed E-state index contributed by atoms with van der Waals surface area (Å²) in [4.78, 5) is 30.2. The van der Waals surface area contributed by atoms with Crippen molar-refractivity contribution in [2.24, 2.45) is 0 Å². The number of nitrogens with one attached hydrogen (secondary N) is 2. The van der Waals surface area contributed by atoms with Gasteiger partial charge in [-0.1, -0.05) is 38.0 Å². The van der Waals surface area contributed by atoms with Crippen LogP contribution < -0.4 is 15.4 Å². The molecule has 0 saturated heterocycles. The lowest BCUT2D eigenvalue weighted by Gasteiger charge is -2.32. The lowest BCUT2D eigenvalue weighted by Crippen LogP contribution is -2.53. The molecule has 184 valence electrons. The van der Waals surface area contributed by atoms with Crippen LogP contribution in [0.15, 0.2) is 47.8 Å². The number of rotatable bonds is 8. The first-order chi connectivity index (χ1) is 16.9. The van der Waals surface area contributed by atoms with Gasteiger partial charge in [0.25, 0.3) is 11.8 Å². The summed E-state index contributed by atoms with van der Waals surface area (Å²) in [5.41, 5.74) is 4.52. The van der Waals surface area contributed by atoms with Crippen molar-refractivity contribution in [2.45, 2.75) is 71.6 Å². The van der Waals surface area contributed by atoms with E-state index in [-0.39, 0.29) is 23.9 Å². The summed E-state index contributed by atoms with van der Waals surface area (Å²) in [6.07, 6.45) is 4.67. The van der Waals surface area contributed by atoms with E-state index in [0.717, 1.165) is 54.0 Å². The molecule has 1 aliphatic rings. The van der Waals surface area contributed by atoms with Crippen LogP contribution in [-0.2, 0) is 13.0 Å². The molecule has 1 saturated carbocycles. The van der Waals surface area contributed by atoms with Gasteiger partial charge in [0.2, 0.25) is 0 Å². The third kappa shape index (κ3) is 6.69. The van der Waals surface area contributed by atoms with Crippen LogP contribution in [0.3, 0.4) is 0 Å². The summed E-state index contributed by atoms with van der Waals surface area (Å²) in [6, 6.07) is 13.6. The van der Waals surface area contributed by atoms with Gasteiger partial charge in [0.05, 0.1) is 0 Å². The molecule has 0 spiro atoms. The van der Waals surface area contributed by atoms with Crippen LogP contribution >= 0.6 is 11.3 Å². The number of ether oxygens (including phenoxy) is 1. The maximum atomic E-state index is 12.9. The van der Waals surface area contributed by atoms with E-state index in [1.807, 2.05) is 50.2 Å². The molecule has 4 rings (SSSR count). The smallest absolute Gasteiger partial charge is 0.271 e. The third-order valence-corrected chi connectivity index (χ3v) is 7.19. The van der Waals surface area contributed by atoms with Crippen LogP contribution in [0.1, 0.15) is 75.2 Å². The van der Waals surface area contributed by atoms with E-state index in [1.165, 1.54) is 16.9 Å². The Morgan fingerprint density at radius 2 is 1.60 bits per heavy atom. The number of carbonyl (C=O) groups excluding carboxylic acids is 2. The minimum absolute atomic E-state index is 0.0988. The van der Waals surface area contributed by atoms with Gasteiger partial charge in [-0.25, -0.2) is 4.98 Å². The molecule has 1 heterocycles. The first kappa shape index (κ1) is 24.9. The van der Waals surface area contributed by atoms with Crippen LogP contribution in [0.4, 0.5) is 0 Å². The van der Waals surface area contributed by atoms with Crippen molar-refractivity contribution in [2.75, 3.05) is 0 Å². The number of benzene rings is 2. The molecule has 2 atom stereocenters. The summed E-state index contributed by atoms with van der Waals surface area (Å²) in [7, 11) is 0. The SMILES string of the molecule is CCc1ccc(C(=O)N[C@@H]2CCCC[C@@H]2NC(=O)c2csc(COc3cc(C)cc(C)c3)n2)cc1. The Hall–Kier alpha value is -3.19. The molecular weight excluding hydrogens is 458 g/mol. The fraction of sp³-hybridized carbons (Fsp3) is 0.393. The highest BCUT2D eigenvalue weighted by atomic mass is 32.1. The molecule has 1 fully saturated rings. The fourth-order valence-electron chi connectivity index (χ4n) is 4.51. The standard InChI is InChI=1S/C28H33N3O3S/c1-4-20-9-11-21(12-10-20)27(32)30-23-7-5-6-8-24(23)31-28(33)25-17-35-26(29-25)16-34-22-14-18(2)13-19(3)15-22/h9-15,17,23-24H,4-8,16H2,1-3H3,(H,30,32)(H,31,33)/t23-,24+/m1/s1. The number of aromatic nitrogens is 1. The van der Waals surface area contributed by atoms with Gasteiger partial charge in [0, 0.05) is 23.0 Å². The Balaban J connectivity index is 1.34. The average Bonchev–Trinajstić information content (AvgIpc) is 3.33. The number of amides is 2. The van der Waals surface area contributed by atoms with Gasteiger partial charge in [-0.2, -0.15) is 0 Å². The van der Waals surface area contributed by atoms with E-state index in [0.29, 0.717) is 17.9 Å². The molecule has 35 heavy (non-hydrogen) atoms. The van der Waals surface area contributed by atoms with E-state index < -0.39 is 0 Å². The average molecular weight is 492 g/mol. The molecule has 0 unspecified atom stereocenters. The van der Waals surface area contributed by atoms with Gasteiger partial charge >= 0.3 is 0 Å². The van der Waals surface area contributed by atoms with Crippen LogP contribution in [0.2, 0.25) is 0 Å². The second-order valence-electron chi connectivity index (χ2n) is 9.23. The molecule has 6 nitrogen and oxygen atoms in total. The number of aryl methyl sites for hydroxylation is 3. The van der Waals surface area contributed by atoms with Crippen molar-refractivity contribution in [3.8, 4) is 5.75 Å². The molecule has 1 aromatic heterocycles. The number of carbonyl (C=O) groups is 2. The van der Waals surface area contributed by atoms with Crippen molar-refractivity contribution >= 4 is 23.2 Å². The van der Waals surface area contributed by atoms with E-state index >= 15 is 0 Å². The molecule has 0 aliphatic heterocycles. The predicted octanol–water partition coefficient (Wildman–Crippen LogP) is 5.37. The van der Waals surface area contributed by atoms with Crippen LogP contribution in [0, 0.1) is 13.8 Å². The number of hydrogen-bond acceptors (Lipinski definition) is 5. The molecule has 2 amide bonds. The number of hydrogen-bond donors (Lipinski definition) is 2. The van der Waals surface area contributed by atoms with Crippen molar-refractivity contribution in [1.82, 2.24) is 15.6 Å². The van der Waals surface area contributed by atoms with E-state index in [9.17, 15) is 9.59 Å². The Kier molecular flexibility index (Phi) is 8.18. The minimum atomic E-state index is -0.211. The van der Waals surface area contributed by atoms with Gasteiger partial charge in [-0.15, -0.1) is 11.3 Å². The first-order valence-corrected chi connectivity index (χ1v) is 13.2. The maximum Gasteiger partial charge on any atom is 0.271 e. The second kappa shape index (κ2) is 11.5. The monoisotopic (exact) mass is 491 g/mol. The topological polar surface area (TPSA) is 80.3 Å². The van der Waals surface area contributed by atoms with Crippen molar-refractivity contribution in [1.29, 1.82) is 0 Å². The van der Waals surface area contributed by atoms with Crippen molar-refractivity contribution < 1.29 is 14.3 Å². The molecule has 0 bridgehead atoms. The van der Waals surface area contributed by atoms with E-state index in [4.69, 9.17) is 4.74 Å². The Morgan fingerprint density at radius 3 is 2.23 bits per heavy atom. The van der Waals surface area contributed by atoms with Gasteiger partial charge < -0.3 is 15.4 Å². The lowest BCUT2D eigenvalue weighted by atomic mass is 9.90. The summed E-state index contributed by atoms with van der Waals surface area (Å²) in [6.45, 7) is 6.48. The molecular formula is C28H33N3O3S. The van der Waals surface area contributed by atoms with Crippen LogP contribution in [0.25, 0.3) is 0 Å². The maximum absolute atomic E-state index is 12.9. The summed E-state index contributed by atoms with van der Waals surface area (Å²) in [5.74, 6) is 0.490. The molecule has 3 aromatic rings. The lowest BCUT2D eigenvalue weighted by molar-refractivity contribution is 0.0860. The zero-order valence-corrected chi connectivity index (χ0v) is 21.4. The molecule has 2 N–H and O–H groups in total. The number of nitrogens with zero attached hydrogens (tertiary/aromatic N) is 1. The third-order valence-electron chi connectivity index (χ3n) is 6.37. The largest absolute Gasteiger partial charge is 0.486 e.